The molecule has 0 aliphatic rings. The molecule has 56 heavy (non-hydrogen) atoms. The van der Waals surface area contributed by atoms with Crippen molar-refractivity contribution in [1.82, 2.24) is 14.5 Å². The van der Waals surface area contributed by atoms with Crippen molar-refractivity contribution in [2.45, 2.75) is 0 Å². The topological polar surface area (TPSA) is 43.9 Å². The molecular formula is C52H31N3O. The molecule has 0 N–H and O–H groups in total. The van der Waals surface area contributed by atoms with E-state index in [1.165, 1.54) is 43.8 Å². The molecule has 4 nitrogen and oxygen atoms in total. The molecule has 0 saturated carbocycles. The van der Waals surface area contributed by atoms with Gasteiger partial charge >= 0.3 is 0 Å². The lowest BCUT2D eigenvalue weighted by atomic mass is 9.94. The van der Waals surface area contributed by atoms with E-state index in [9.17, 15) is 0 Å². The molecule has 0 aliphatic heterocycles. The third-order valence-corrected chi connectivity index (χ3v) is 11.4. The lowest BCUT2D eigenvalue weighted by Crippen LogP contribution is -2.03. The van der Waals surface area contributed by atoms with Crippen LogP contribution in [0.3, 0.4) is 0 Å². The highest BCUT2D eigenvalue weighted by molar-refractivity contribution is 6.24. The van der Waals surface area contributed by atoms with Gasteiger partial charge in [0.1, 0.15) is 11.2 Å². The van der Waals surface area contributed by atoms with E-state index in [-0.39, 0.29) is 0 Å². The number of para-hydroxylation sites is 1. The van der Waals surface area contributed by atoms with Crippen LogP contribution in [0.25, 0.3) is 116 Å². The van der Waals surface area contributed by atoms with Gasteiger partial charge in [-0.25, -0.2) is 9.97 Å². The van der Waals surface area contributed by atoms with Gasteiger partial charge in [-0.15, -0.1) is 0 Å². The summed E-state index contributed by atoms with van der Waals surface area (Å²) >= 11 is 0. The molecule has 0 atom stereocenters. The summed E-state index contributed by atoms with van der Waals surface area (Å²) in [5.74, 6) is 0.622. The molecule has 0 bridgehead atoms. The summed E-state index contributed by atoms with van der Waals surface area (Å²) in [7, 11) is 0. The number of nitrogens with zero attached hydrogens (tertiary/aromatic N) is 3. The SMILES string of the molecule is c1ccc(-c2ccc3c(c2)c2c4ccccc4c(-c4ccccc4)cc2n3-c2nc(-c3ccc4c(c3)oc3cc5ccccc5cc34)c3ccccc3n2)cc1. The van der Waals surface area contributed by atoms with Crippen LogP contribution in [0.1, 0.15) is 0 Å². The fraction of sp³-hybridized carbons (Fsp3) is 0. The number of aromatic nitrogens is 3. The highest BCUT2D eigenvalue weighted by Crippen LogP contribution is 2.43. The number of hydrogen-bond acceptors (Lipinski definition) is 3. The van der Waals surface area contributed by atoms with Gasteiger partial charge in [0.05, 0.1) is 22.2 Å². The number of hydrogen-bond donors (Lipinski definition) is 0. The zero-order valence-corrected chi connectivity index (χ0v) is 30.1. The summed E-state index contributed by atoms with van der Waals surface area (Å²) in [4.78, 5) is 10.8. The highest BCUT2D eigenvalue weighted by Gasteiger charge is 2.22. The van der Waals surface area contributed by atoms with Crippen molar-refractivity contribution in [1.29, 1.82) is 0 Å². The Balaban J connectivity index is 1.15. The van der Waals surface area contributed by atoms with E-state index in [0.29, 0.717) is 5.95 Å². The first kappa shape index (κ1) is 30.9. The molecular weight excluding hydrogens is 683 g/mol. The van der Waals surface area contributed by atoms with Gasteiger partial charge in [0.25, 0.3) is 0 Å². The van der Waals surface area contributed by atoms with E-state index in [4.69, 9.17) is 14.4 Å². The molecule has 0 amide bonds. The molecule has 0 radical (unpaired) electrons. The van der Waals surface area contributed by atoms with Crippen LogP contribution in [0.5, 0.6) is 0 Å². The average molecular weight is 714 g/mol. The molecule has 0 fully saturated rings. The minimum atomic E-state index is 0.622. The van der Waals surface area contributed by atoms with Crippen LogP contribution >= 0.6 is 0 Å². The summed E-state index contributed by atoms with van der Waals surface area (Å²) < 4.78 is 8.81. The zero-order valence-electron chi connectivity index (χ0n) is 30.1. The monoisotopic (exact) mass is 713 g/mol. The molecule has 3 heterocycles. The van der Waals surface area contributed by atoms with Crippen LogP contribution in [-0.4, -0.2) is 14.5 Å². The smallest absolute Gasteiger partial charge is 0.235 e. The van der Waals surface area contributed by atoms with Gasteiger partial charge < -0.3 is 4.42 Å². The molecule has 4 heteroatoms. The number of fused-ring (bicyclic) bond motifs is 10. The summed E-state index contributed by atoms with van der Waals surface area (Å²) in [5, 5.41) is 10.3. The second kappa shape index (κ2) is 12.0. The van der Waals surface area contributed by atoms with E-state index in [2.05, 4.69) is 193 Å². The van der Waals surface area contributed by atoms with Crippen LogP contribution in [0.4, 0.5) is 0 Å². The second-order valence-corrected chi connectivity index (χ2v) is 14.6. The quantitative estimate of drug-likeness (QED) is 0.182. The highest BCUT2D eigenvalue weighted by atomic mass is 16.3. The Bertz CT molecular complexity index is 3530. The third-order valence-electron chi connectivity index (χ3n) is 11.4. The maximum Gasteiger partial charge on any atom is 0.235 e. The Kier molecular flexibility index (Phi) is 6.60. The molecule has 260 valence electrons. The van der Waals surface area contributed by atoms with Crippen LogP contribution in [0, 0.1) is 0 Å². The van der Waals surface area contributed by atoms with Crippen molar-refractivity contribution in [2.24, 2.45) is 0 Å². The Morgan fingerprint density at radius 3 is 1.86 bits per heavy atom. The number of rotatable bonds is 4. The van der Waals surface area contributed by atoms with Gasteiger partial charge in [0.15, 0.2) is 0 Å². The largest absolute Gasteiger partial charge is 0.456 e. The first-order valence-corrected chi connectivity index (χ1v) is 19.0. The van der Waals surface area contributed by atoms with Crippen LogP contribution in [-0.2, 0) is 0 Å². The lowest BCUT2D eigenvalue weighted by Gasteiger charge is -2.13. The Labute approximate surface area is 321 Å². The predicted molar refractivity (Wildman–Crippen MR) is 232 cm³/mol. The molecule has 0 unspecified atom stereocenters. The molecule has 3 aromatic heterocycles. The standard InChI is InChI=1S/C52H31N3O/c1-3-13-32(14-4-1)36-24-26-46-44(28-36)50-40-20-10-9-19-38(40)42(33-15-5-2-6-16-33)31-47(50)55(46)52-53-45-22-12-11-21-41(45)51(54-52)37-23-25-39-43-27-34-17-7-8-18-35(34)29-49(43)56-48(39)30-37/h1-31H. The summed E-state index contributed by atoms with van der Waals surface area (Å²) in [6.07, 6.45) is 0. The minimum absolute atomic E-state index is 0.622. The van der Waals surface area contributed by atoms with E-state index in [0.717, 1.165) is 65.9 Å². The van der Waals surface area contributed by atoms with Crippen LogP contribution in [0.15, 0.2) is 192 Å². The lowest BCUT2D eigenvalue weighted by molar-refractivity contribution is 0.669. The maximum absolute atomic E-state index is 6.55. The van der Waals surface area contributed by atoms with Crippen molar-refractivity contribution in [3.8, 4) is 39.5 Å². The van der Waals surface area contributed by atoms with Crippen molar-refractivity contribution >= 4 is 76.2 Å². The summed E-state index contributed by atoms with van der Waals surface area (Å²) in [6.45, 7) is 0. The maximum atomic E-state index is 6.55. The van der Waals surface area contributed by atoms with Gasteiger partial charge in [0.2, 0.25) is 5.95 Å². The number of benzene rings is 9. The third kappa shape index (κ3) is 4.66. The zero-order chi connectivity index (χ0) is 36.7. The van der Waals surface area contributed by atoms with Gasteiger partial charge in [-0.05, 0) is 92.3 Å². The van der Waals surface area contributed by atoms with Crippen molar-refractivity contribution in [3.05, 3.63) is 188 Å². The summed E-state index contributed by atoms with van der Waals surface area (Å²) in [5.41, 5.74) is 11.2. The Hall–Kier alpha value is -7.56. The van der Waals surface area contributed by atoms with E-state index in [1.807, 2.05) is 0 Å². The van der Waals surface area contributed by atoms with Gasteiger partial charge in [0, 0.05) is 32.5 Å². The van der Waals surface area contributed by atoms with Crippen molar-refractivity contribution in [2.75, 3.05) is 0 Å². The normalized spacial score (nSPS) is 11.9. The minimum Gasteiger partial charge on any atom is -0.456 e. The molecule has 0 aliphatic carbocycles. The van der Waals surface area contributed by atoms with E-state index < -0.39 is 0 Å². The molecule has 12 rings (SSSR count). The fourth-order valence-corrected chi connectivity index (χ4v) is 8.76. The first-order valence-electron chi connectivity index (χ1n) is 19.0. The van der Waals surface area contributed by atoms with Gasteiger partial charge in [-0.2, -0.15) is 0 Å². The molecule has 0 spiro atoms. The van der Waals surface area contributed by atoms with E-state index >= 15 is 0 Å². The van der Waals surface area contributed by atoms with Crippen molar-refractivity contribution in [3.63, 3.8) is 0 Å². The Morgan fingerprint density at radius 1 is 0.375 bits per heavy atom. The number of furan rings is 1. The van der Waals surface area contributed by atoms with Crippen molar-refractivity contribution < 1.29 is 4.42 Å². The predicted octanol–water partition coefficient (Wildman–Crippen LogP) is 13.9. The fourth-order valence-electron chi connectivity index (χ4n) is 8.76. The average Bonchev–Trinajstić information content (AvgIpc) is 3.79. The van der Waals surface area contributed by atoms with E-state index in [1.54, 1.807) is 0 Å². The molecule has 12 aromatic rings. The van der Waals surface area contributed by atoms with Crippen LogP contribution in [0.2, 0.25) is 0 Å². The summed E-state index contributed by atoms with van der Waals surface area (Å²) in [6, 6.07) is 66.7. The van der Waals surface area contributed by atoms with Gasteiger partial charge in [-0.3, -0.25) is 4.57 Å². The second-order valence-electron chi connectivity index (χ2n) is 14.6. The first-order chi connectivity index (χ1) is 27.7. The Morgan fingerprint density at radius 2 is 1.04 bits per heavy atom. The van der Waals surface area contributed by atoms with Gasteiger partial charge in [-0.1, -0.05) is 140 Å². The molecule has 9 aromatic carbocycles. The molecule has 0 saturated heterocycles. The van der Waals surface area contributed by atoms with Crippen LogP contribution < -0.4 is 0 Å².